The van der Waals surface area contributed by atoms with Crippen LogP contribution in [-0.4, -0.2) is 24.0 Å². The van der Waals surface area contributed by atoms with Gasteiger partial charge in [0.05, 0.1) is 7.11 Å². The SMILES string of the molecule is COc1ccc(NC(=CC(=O)c2ccc(Cl)cc2)C(=O)O)cc1. The van der Waals surface area contributed by atoms with Crippen LogP contribution in [0.2, 0.25) is 5.02 Å². The minimum absolute atomic E-state index is 0.227. The maximum absolute atomic E-state index is 12.1. The van der Waals surface area contributed by atoms with Gasteiger partial charge in [0.2, 0.25) is 0 Å². The first-order valence-electron chi connectivity index (χ1n) is 6.65. The summed E-state index contributed by atoms with van der Waals surface area (Å²) in [5, 5.41) is 12.4. The third-order valence-corrected chi connectivity index (χ3v) is 3.26. The van der Waals surface area contributed by atoms with E-state index in [1.165, 1.54) is 19.2 Å². The Balaban J connectivity index is 2.21. The van der Waals surface area contributed by atoms with Gasteiger partial charge < -0.3 is 15.2 Å². The van der Waals surface area contributed by atoms with E-state index in [1.54, 1.807) is 36.4 Å². The maximum Gasteiger partial charge on any atom is 0.352 e. The first-order valence-corrected chi connectivity index (χ1v) is 7.03. The van der Waals surface area contributed by atoms with Gasteiger partial charge in [0.1, 0.15) is 11.4 Å². The lowest BCUT2D eigenvalue weighted by molar-refractivity contribution is -0.132. The Bertz CT molecular complexity index is 736. The van der Waals surface area contributed by atoms with Crippen LogP contribution in [0, 0.1) is 0 Å². The second-order valence-corrected chi connectivity index (χ2v) is 5.02. The molecule has 0 bridgehead atoms. The molecule has 0 unspecified atom stereocenters. The van der Waals surface area contributed by atoms with Crippen molar-refractivity contribution >= 4 is 29.0 Å². The van der Waals surface area contributed by atoms with Crippen molar-refractivity contribution in [1.82, 2.24) is 0 Å². The monoisotopic (exact) mass is 331 g/mol. The second-order valence-electron chi connectivity index (χ2n) is 4.59. The summed E-state index contributed by atoms with van der Waals surface area (Å²) in [5.41, 5.74) is 0.656. The third kappa shape index (κ3) is 4.59. The van der Waals surface area contributed by atoms with Gasteiger partial charge in [-0.2, -0.15) is 0 Å². The molecule has 0 amide bonds. The fourth-order valence-corrected chi connectivity index (χ4v) is 1.94. The third-order valence-electron chi connectivity index (χ3n) is 3.00. The zero-order valence-electron chi connectivity index (χ0n) is 12.2. The van der Waals surface area contributed by atoms with Crippen LogP contribution in [0.25, 0.3) is 0 Å². The Morgan fingerprint density at radius 2 is 1.70 bits per heavy atom. The Morgan fingerprint density at radius 1 is 1.09 bits per heavy atom. The zero-order chi connectivity index (χ0) is 16.8. The van der Waals surface area contributed by atoms with Crippen molar-refractivity contribution in [3.05, 3.63) is 70.9 Å². The molecule has 2 rings (SSSR count). The number of nitrogens with one attached hydrogen (secondary N) is 1. The number of hydrogen-bond acceptors (Lipinski definition) is 4. The number of carbonyl (C=O) groups is 2. The summed E-state index contributed by atoms with van der Waals surface area (Å²) in [6.07, 6.45) is 1.04. The van der Waals surface area contributed by atoms with E-state index in [4.69, 9.17) is 16.3 Å². The molecule has 2 aromatic carbocycles. The number of ketones is 1. The zero-order valence-corrected chi connectivity index (χ0v) is 13.0. The molecule has 2 aromatic rings. The molecule has 118 valence electrons. The van der Waals surface area contributed by atoms with Crippen molar-refractivity contribution in [2.45, 2.75) is 0 Å². The van der Waals surface area contributed by atoms with Crippen molar-refractivity contribution in [1.29, 1.82) is 0 Å². The van der Waals surface area contributed by atoms with E-state index >= 15 is 0 Å². The van der Waals surface area contributed by atoms with Crippen LogP contribution in [-0.2, 0) is 4.79 Å². The molecule has 6 heteroatoms. The van der Waals surface area contributed by atoms with Crippen LogP contribution in [0.4, 0.5) is 5.69 Å². The number of carboxylic acid groups (broad SMARTS) is 1. The van der Waals surface area contributed by atoms with Crippen LogP contribution in [0.3, 0.4) is 0 Å². The summed E-state index contributed by atoms with van der Waals surface area (Å²) in [6, 6.07) is 12.9. The minimum atomic E-state index is -1.23. The Hall–Kier alpha value is -2.79. The second kappa shape index (κ2) is 7.47. The number of carbonyl (C=O) groups excluding carboxylic acids is 1. The van der Waals surface area contributed by atoms with Gasteiger partial charge in [-0.3, -0.25) is 4.79 Å². The smallest absolute Gasteiger partial charge is 0.352 e. The van der Waals surface area contributed by atoms with Crippen molar-refractivity contribution in [3.63, 3.8) is 0 Å². The average molecular weight is 332 g/mol. The Kier molecular flexibility index (Phi) is 5.38. The van der Waals surface area contributed by atoms with E-state index in [0.717, 1.165) is 6.08 Å². The molecular weight excluding hydrogens is 318 g/mol. The summed E-state index contributed by atoms with van der Waals surface area (Å²) in [6.45, 7) is 0. The van der Waals surface area contributed by atoms with Crippen LogP contribution in [0.1, 0.15) is 10.4 Å². The van der Waals surface area contributed by atoms with E-state index in [-0.39, 0.29) is 5.70 Å². The largest absolute Gasteiger partial charge is 0.497 e. The van der Waals surface area contributed by atoms with Crippen molar-refractivity contribution in [3.8, 4) is 5.75 Å². The lowest BCUT2D eigenvalue weighted by Crippen LogP contribution is -2.13. The molecule has 0 atom stereocenters. The van der Waals surface area contributed by atoms with Gasteiger partial charge >= 0.3 is 5.97 Å². The highest BCUT2D eigenvalue weighted by atomic mass is 35.5. The Labute approximate surface area is 138 Å². The summed E-state index contributed by atoms with van der Waals surface area (Å²) in [7, 11) is 1.54. The number of aliphatic carboxylic acids is 1. The number of rotatable bonds is 6. The molecule has 0 saturated heterocycles. The fourth-order valence-electron chi connectivity index (χ4n) is 1.81. The first kappa shape index (κ1) is 16.6. The number of anilines is 1. The fraction of sp³-hybridized carbons (Fsp3) is 0.0588. The molecule has 0 aliphatic rings. The molecule has 0 spiro atoms. The molecule has 0 aromatic heterocycles. The number of carboxylic acids is 1. The molecule has 23 heavy (non-hydrogen) atoms. The number of hydrogen-bond donors (Lipinski definition) is 2. The quantitative estimate of drug-likeness (QED) is 0.624. The molecular formula is C17H14ClNO4. The van der Waals surface area contributed by atoms with Gasteiger partial charge in [-0.05, 0) is 48.5 Å². The summed E-state index contributed by atoms with van der Waals surface area (Å²) in [4.78, 5) is 23.4. The first-order chi connectivity index (χ1) is 11.0. The highest BCUT2D eigenvalue weighted by Gasteiger charge is 2.12. The standard InChI is InChI=1S/C17H14ClNO4/c1-23-14-8-6-13(7-9-14)19-15(17(21)22)10-16(20)11-2-4-12(18)5-3-11/h2-10,19H,1H3,(H,21,22). The maximum atomic E-state index is 12.1. The van der Waals surface area contributed by atoms with Crippen LogP contribution >= 0.6 is 11.6 Å². The number of allylic oxidation sites excluding steroid dienone is 1. The summed E-state index contributed by atoms with van der Waals surface area (Å²) >= 11 is 5.76. The number of halogens is 1. The molecule has 0 fully saturated rings. The summed E-state index contributed by atoms with van der Waals surface area (Å²) < 4.78 is 5.03. The van der Waals surface area contributed by atoms with Gasteiger partial charge in [0.25, 0.3) is 0 Å². The van der Waals surface area contributed by atoms with E-state index < -0.39 is 11.8 Å². The lowest BCUT2D eigenvalue weighted by Gasteiger charge is -2.08. The molecule has 2 N–H and O–H groups in total. The van der Waals surface area contributed by atoms with Gasteiger partial charge in [0.15, 0.2) is 5.78 Å². The van der Waals surface area contributed by atoms with E-state index in [0.29, 0.717) is 22.0 Å². The number of benzene rings is 2. The lowest BCUT2D eigenvalue weighted by atomic mass is 10.1. The van der Waals surface area contributed by atoms with Gasteiger partial charge in [-0.25, -0.2) is 4.79 Å². The molecule has 0 saturated carbocycles. The molecule has 5 nitrogen and oxygen atoms in total. The van der Waals surface area contributed by atoms with E-state index in [1.807, 2.05) is 0 Å². The van der Waals surface area contributed by atoms with Gasteiger partial charge in [0, 0.05) is 22.3 Å². The predicted molar refractivity (Wildman–Crippen MR) is 88.1 cm³/mol. The summed E-state index contributed by atoms with van der Waals surface area (Å²) in [5.74, 6) is -1.02. The van der Waals surface area contributed by atoms with Crippen molar-refractivity contribution < 1.29 is 19.4 Å². The van der Waals surface area contributed by atoms with E-state index in [2.05, 4.69) is 5.32 Å². The number of ether oxygens (including phenoxy) is 1. The molecule has 0 radical (unpaired) electrons. The normalized spacial score (nSPS) is 11.0. The highest BCUT2D eigenvalue weighted by Crippen LogP contribution is 2.17. The predicted octanol–water partition coefficient (Wildman–Crippen LogP) is 3.61. The van der Waals surface area contributed by atoms with Gasteiger partial charge in [-0.1, -0.05) is 11.6 Å². The van der Waals surface area contributed by atoms with Crippen LogP contribution in [0.5, 0.6) is 5.75 Å². The minimum Gasteiger partial charge on any atom is -0.497 e. The van der Waals surface area contributed by atoms with Crippen LogP contribution in [0.15, 0.2) is 60.3 Å². The molecule has 0 aliphatic carbocycles. The van der Waals surface area contributed by atoms with Gasteiger partial charge in [-0.15, -0.1) is 0 Å². The Morgan fingerprint density at radius 3 is 2.22 bits per heavy atom. The molecule has 0 aliphatic heterocycles. The van der Waals surface area contributed by atoms with Crippen LogP contribution < -0.4 is 10.1 Å². The molecule has 0 heterocycles. The van der Waals surface area contributed by atoms with Crippen molar-refractivity contribution in [2.75, 3.05) is 12.4 Å². The van der Waals surface area contributed by atoms with E-state index in [9.17, 15) is 14.7 Å². The average Bonchev–Trinajstić information content (AvgIpc) is 2.55. The topological polar surface area (TPSA) is 75.6 Å². The highest BCUT2D eigenvalue weighted by molar-refractivity contribution is 6.30. The van der Waals surface area contributed by atoms with Crippen molar-refractivity contribution in [2.24, 2.45) is 0 Å². The number of methoxy groups -OCH3 is 1.